The van der Waals surface area contributed by atoms with E-state index in [1.165, 1.54) is 23.0 Å². The summed E-state index contributed by atoms with van der Waals surface area (Å²) in [5.41, 5.74) is 1.67. The number of benzene rings is 1. The number of methoxy groups -OCH3 is 1. The Morgan fingerprint density at radius 1 is 1.29 bits per heavy atom. The lowest BCUT2D eigenvalue weighted by molar-refractivity contribution is -0.146. The molecule has 31 heavy (non-hydrogen) atoms. The van der Waals surface area contributed by atoms with Gasteiger partial charge in [0, 0.05) is 18.0 Å². The number of fused-ring (bicyclic) bond motifs is 1. The second-order valence-electron chi connectivity index (χ2n) is 7.20. The maximum Gasteiger partial charge on any atom is 0.328 e. The first-order valence-electron chi connectivity index (χ1n) is 9.91. The first-order valence-corrected chi connectivity index (χ1v) is 11.8. The molecule has 0 saturated heterocycles. The van der Waals surface area contributed by atoms with E-state index in [9.17, 15) is 14.4 Å². The maximum atomic E-state index is 13.0. The second kappa shape index (κ2) is 10.1. The largest absolute Gasteiger partial charge is 0.467 e. The zero-order chi connectivity index (χ0) is 22.5. The van der Waals surface area contributed by atoms with Crippen LogP contribution in [-0.2, 0) is 21.4 Å². The third-order valence-electron chi connectivity index (χ3n) is 5.18. The maximum absolute atomic E-state index is 13.0. The number of nitrogens with one attached hydrogen (secondary N) is 1. The van der Waals surface area contributed by atoms with E-state index < -0.39 is 12.0 Å². The molecule has 2 aromatic heterocycles. The third-order valence-corrected chi connectivity index (χ3v) is 7.08. The number of thiophene rings is 1. The van der Waals surface area contributed by atoms with E-state index >= 15 is 0 Å². The predicted octanol–water partition coefficient (Wildman–Crippen LogP) is 3.46. The van der Waals surface area contributed by atoms with Crippen LogP contribution in [0.4, 0.5) is 0 Å². The number of rotatable bonds is 8. The summed E-state index contributed by atoms with van der Waals surface area (Å²) in [5, 5.41) is 5.70. The molecule has 7 nitrogen and oxygen atoms in total. The molecular weight excluding hydrogens is 434 g/mol. The standard InChI is InChI=1S/C22H25N3O4S2/c1-5-13(2)18(21(28)29-4)23-16(26)12-31-22-24-19-17(20(27)25(22)3)15(11-30-19)14-9-7-6-8-10-14/h6-11,13,18H,5,12H2,1-4H3,(H,23,26)/t13-,18+/m1/s1. The van der Waals surface area contributed by atoms with Gasteiger partial charge in [-0.15, -0.1) is 11.3 Å². The molecule has 1 N–H and O–H groups in total. The Bertz CT molecular complexity index is 1140. The molecule has 164 valence electrons. The van der Waals surface area contributed by atoms with Crippen molar-refractivity contribution in [2.24, 2.45) is 13.0 Å². The molecule has 2 atom stereocenters. The molecule has 0 bridgehead atoms. The summed E-state index contributed by atoms with van der Waals surface area (Å²) in [5.74, 6) is -0.798. The fraction of sp³-hybridized carbons (Fsp3) is 0.364. The van der Waals surface area contributed by atoms with Crippen molar-refractivity contribution < 1.29 is 14.3 Å². The van der Waals surface area contributed by atoms with Gasteiger partial charge in [0.25, 0.3) is 5.56 Å². The number of ether oxygens (including phenoxy) is 1. The number of nitrogens with zero attached hydrogens (tertiary/aromatic N) is 2. The summed E-state index contributed by atoms with van der Waals surface area (Å²) in [6, 6.07) is 9.01. The molecule has 1 aromatic carbocycles. The van der Waals surface area contributed by atoms with Crippen LogP contribution in [0.1, 0.15) is 20.3 Å². The topological polar surface area (TPSA) is 90.3 Å². The smallest absolute Gasteiger partial charge is 0.328 e. The lowest BCUT2D eigenvalue weighted by atomic mass is 9.99. The highest BCUT2D eigenvalue weighted by Crippen LogP contribution is 2.31. The van der Waals surface area contributed by atoms with Crippen molar-refractivity contribution >= 4 is 45.2 Å². The van der Waals surface area contributed by atoms with Crippen LogP contribution in [-0.4, -0.2) is 40.3 Å². The summed E-state index contributed by atoms with van der Waals surface area (Å²) >= 11 is 2.57. The summed E-state index contributed by atoms with van der Waals surface area (Å²) in [6.07, 6.45) is 0.724. The van der Waals surface area contributed by atoms with Crippen LogP contribution in [0.2, 0.25) is 0 Å². The molecule has 0 aliphatic carbocycles. The van der Waals surface area contributed by atoms with Crippen LogP contribution < -0.4 is 10.9 Å². The van der Waals surface area contributed by atoms with Gasteiger partial charge >= 0.3 is 5.97 Å². The van der Waals surface area contributed by atoms with E-state index in [2.05, 4.69) is 10.3 Å². The van der Waals surface area contributed by atoms with E-state index in [1.54, 1.807) is 7.05 Å². The Morgan fingerprint density at radius 2 is 2.00 bits per heavy atom. The van der Waals surface area contributed by atoms with Gasteiger partial charge in [0.2, 0.25) is 5.91 Å². The van der Waals surface area contributed by atoms with E-state index in [-0.39, 0.29) is 23.1 Å². The number of hydrogen-bond donors (Lipinski definition) is 1. The molecule has 2 heterocycles. The lowest BCUT2D eigenvalue weighted by Crippen LogP contribution is -2.46. The minimum absolute atomic E-state index is 0.0344. The molecule has 0 aliphatic rings. The van der Waals surface area contributed by atoms with Crippen LogP contribution in [0.3, 0.4) is 0 Å². The van der Waals surface area contributed by atoms with E-state index in [0.717, 1.165) is 29.3 Å². The number of carbonyl (C=O) groups is 2. The van der Waals surface area contributed by atoms with Gasteiger partial charge in [-0.05, 0) is 11.5 Å². The van der Waals surface area contributed by atoms with Gasteiger partial charge in [-0.2, -0.15) is 0 Å². The molecule has 3 rings (SSSR count). The van der Waals surface area contributed by atoms with E-state index in [0.29, 0.717) is 15.4 Å². The average molecular weight is 460 g/mol. The van der Waals surface area contributed by atoms with Crippen LogP contribution in [0.25, 0.3) is 21.3 Å². The molecule has 0 fully saturated rings. The Kier molecular flexibility index (Phi) is 7.50. The summed E-state index contributed by atoms with van der Waals surface area (Å²) in [6.45, 7) is 3.83. The van der Waals surface area contributed by atoms with Gasteiger partial charge in [-0.3, -0.25) is 14.2 Å². The number of hydrogen-bond acceptors (Lipinski definition) is 7. The molecule has 1 amide bonds. The molecule has 0 spiro atoms. The normalized spacial score (nSPS) is 13.0. The van der Waals surface area contributed by atoms with Crippen molar-refractivity contribution in [3.05, 3.63) is 46.1 Å². The SMILES string of the molecule is CC[C@@H](C)[C@H](NC(=O)CSc1nc2scc(-c3ccccc3)c2c(=O)n1C)C(=O)OC. The van der Waals surface area contributed by atoms with Gasteiger partial charge in [0.1, 0.15) is 10.9 Å². The highest BCUT2D eigenvalue weighted by molar-refractivity contribution is 7.99. The summed E-state index contributed by atoms with van der Waals surface area (Å²) in [4.78, 5) is 42.7. The van der Waals surface area contributed by atoms with Crippen molar-refractivity contribution in [1.82, 2.24) is 14.9 Å². The summed E-state index contributed by atoms with van der Waals surface area (Å²) in [7, 11) is 2.95. The minimum Gasteiger partial charge on any atom is -0.467 e. The summed E-state index contributed by atoms with van der Waals surface area (Å²) < 4.78 is 6.27. The molecule has 0 unspecified atom stereocenters. The predicted molar refractivity (Wildman–Crippen MR) is 124 cm³/mol. The Labute approximate surface area is 188 Å². The van der Waals surface area contributed by atoms with E-state index in [1.807, 2.05) is 49.6 Å². The Balaban J connectivity index is 1.80. The Morgan fingerprint density at radius 3 is 2.65 bits per heavy atom. The fourth-order valence-corrected chi connectivity index (χ4v) is 4.93. The number of esters is 1. The van der Waals surface area contributed by atoms with Crippen LogP contribution in [0.15, 0.2) is 45.7 Å². The molecule has 9 heteroatoms. The van der Waals surface area contributed by atoms with Crippen LogP contribution in [0.5, 0.6) is 0 Å². The number of thioether (sulfide) groups is 1. The zero-order valence-electron chi connectivity index (χ0n) is 17.9. The average Bonchev–Trinajstić information content (AvgIpc) is 3.22. The first kappa shape index (κ1) is 23.0. The van der Waals surface area contributed by atoms with Crippen molar-refractivity contribution in [2.45, 2.75) is 31.5 Å². The number of carbonyl (C=O) groups excluding carboxylic acids is 2. The fourth-order valence-electron chi connectivity index (χ4n) is 3.15. The number of aromatic nitrogens is 2. The quantitative estimate of drug-likeness (QED) is 0.315. The van der Waals surface area contributed by atoms with Gasteiger partial charge < -0.3 is 10.1 Å². The van der Waals surface area contributed by atoms with Gasteiger partial charge in [-0.25, -0.2) is 9.78 Å². The Hall–Kier alpha value is -2.65. The van der Waals surface area contributed by atoms with E-state index in [4.69, 9.17) is 4.74 Å². The molecule has 0 saturated carbocycles. The van der Waals surface area contributed by atoms with Crippen molar-refractivity contribution in [1.29, 1.82) is 0 Å². The zero-order valence-corrected chi connectivity index (χ0v) is 19.5. The van der Waals surface area contributed by atoms with Gasteiger partial charge in [0.15, 0.2) is 5.16 Å². The van der Waals surface area contributed by atoms with Crippen molar-refractivity contribution in [2.75, 3.05) is 12.9 Å². The third kappa shape index (κ3) is 4.99. The van der Waals surface area contributed by atoms with Crippen molar-refractivity contribution in [3.63, 3.8) is 0 Å². The molecule has 0 aliphatic heterocycles. The van der Waals surface area contributed by atoms with Gasteiger partial charge in [-0.1, -0.05) is 62.4 Å². The molecular formula is C22H25N3O4S2. The van der Waals surface area contributed by atoms with Crippen LogP contribution >= 0.6 is 23.1 Å². The number of amides is 1. The minimum atomic E-state index is -0.701. The highest BCUT2D eigenvalue weighted by Gasteiger charge is 2.27. The van der Waals surface area contributed by atoms with Crippen LogP contribution in [0, 0.1) is 5.92 Å². The second-order valence-corrected chi connectivity index (χ2v) is 9.00. The molecule has 3 aromatic rings. The van der Waals surface area contributed by atoms with Gasteiger partial charge in [0.05, 0.1) is 18.2 Å². The monoisotopic (exact) mass is 459 g/mol. The van der Waals surface area contributed by atoms with Crippen molar-refractivity contribution in [3.8, 4) is 11.1 Å². The highest BCUT2D eigenvalue weighted by atomic mass is 32.2. The molecule has 0 radical (unpaired) electrons. The first-order chi connectivity index (χ1) is 14.9. The lowest BCUT2D eigenvalue weighted by Gasteiger charge is -2.21.